The lowest BCUT2D eigenvalue weighted by Gasteiger charge is -2.40. The molecule has 2 N–H and O–H groups in total. The highest BCUT2D eigenvalue weighted by molar-refractivity contribution is 5.84. The first-order chi connectivity index (χ1) is 12.0. The van der Waals surface area contributed by atoms with Crippen molar-refractivity contribution in [3.8, 4) is 0 Å². The van der Waals surface area contributed by atoms with Crippen molar-refractivity contribution < 1.29 is 33.3 Å². The number of anilines is 1. The zero-order chi connectivity index (χ0) is 17.8. The Kier molecular flexibility index (Phi) is 3.71. The summed E-state index contributed by atoms with van der Waals surface area (Å²) in [6.45, 7) is 0. The highest BCUT2D eigenvalue weighted by Gasteiger charge is 2.73. The quantitative estimate of drug-likeness (QED) is 0.630. The van der Waals surface area contributed by atoms with Crippen LogP contribution in [0.1, 0.15) is 18.1 Å². The summed E-state index contributed by atoms with van der Waals surface area (Å²) in [4.78, 5) is 25.0. The molecule has 3 fully saturated rings. The minimum atomic E-state index is -1.75. The standard InChI is InChI=1S/C17H19NO7/c1-21-15-13-12-10(14(19)23-13)7-11(8-4-3-5-9(18)6-8)24-17(12,25-15)16(20)22-2/h3-6,10-13,15H,7,18H2,1-2H3/t10-,11-,12+,13-,15-,17+/m1/s1. The molecule has 3 heterocycles. The summed E-state index contributed by atoms with van der Waals surface area (Å²) >= 11 is 0. The van der Waals surface area contributed by atoms with Gasteiger partial charge in [-0.15, -0.1) is 0 Å². The first-order valence-corrected chi connectivity index (χ1v) is 8.03. The van der Waals surface area contributed by atoms with Gasteiger partial charge in [-0.05, 0) is 24.1 Å². The van der Waals surface area contributed by atoms with Crippen LogP contribution in [0.15, 0.2) is 24.3 Å². The molecule has 1 aromatic carbocycles. The van der Waals surface area contributed by atoms with Crippen molar-refractivity contribution in [2.75, 3.05) is 20.0 Å². The molecule has 134 valence electrons. The molecule has 0 saturated carbocycles. The molecule has 3 saturated heterocycles. The lowest BCUT2D eigenvalue weighted by molar-refractivity contribution is -0.311. The summed E-state index contributed by atoms with van der Waals surface area (Å²) in [7, 11) is 2.67. The number of hydrogen-bond donors (Lipinski definition) is 1. The van der Waals surface area contributed by atoms with Crippen LogP contribution in [0.2, 0.25) is 0 Å². The number of esters is 2. The average molecular weight is 349 g/mol. The van der Waals surface area contributed by atoms with Gasteiger partial charge in [0.25, 0.3) is 5.79 Å². The molecule has 3 aliphatic heterocycles. The van der Waals surface area contributed by atoms with Gasteiger partial charge in [0.1, 0.15) is 0 Å². The number of nitrogen functional groups attached to an aromatic ring is 1. The maximum Gasteiger partial charge on any atom is 0.367 e. The van der Waals surface area contributed by atoms with Crippen molar-refractivity contribution in [3.05, 3.63) is 29.8 Å². The van der Waals surface area contributed by atoms with E-state index in [9.17, 15) is 9.59 Å². The minimum Gasteiger partial charge on any atom is -0.465 e. The lowest BCUT2D eigenvalue weighted by Crippen LogP contribution is -2.54. The monoisotopic (exact) mass is 349 g/mol. The number of carbonyl (C=O) groups excluding carboxylic acids is 2. The van der Waals surface area contributed by atoms with E-state index in [1.165, 1.54) is 14.2 Å². The Morgan fingerprint density at radius 2 is 2.12 bits per heavy atom. The van der Waals surface area contributed by atoms with Gasteiger partial charge < -0.3 is 29.4 Å². The summed E-state index contributed by atoms with van der Waals surface area (Å²) in [6, 6.07) is 7.11. The Bertz CT molecular complexity index is 723. The van der Waals surface area contributed by atoms with Crippen LogP contribution >= 0.6 is 0 Å². The van der Waals surface area contributed by atoms with Gasteiger partial charge >= 0.3 is 11.9 Å². The Morgan fingerprint density at radius 1 is 1.32 bits per heavy atom. The summed E-state index contributed by atoms with van der Waals surface area (Å²) in [6.07, 6.45) is -1.80. The van der Waals surface area contributed by atoms with E-state index in [-0.39, 0.29) is 5.97 Å². The Hall–Kier alpha value is -2.16. The molecule has 0 amide bonds. The van der Waals surface area contributed by atoms with Crippen molar-refractivity contribution in [3.63, 3.8) is 0 Å². The molecule has 25 heavy (non-hydrogen) atoms. The number of benzene rings is 1. The maximum absolute atomic E-state index is 12.6. The molecule has 0 aromatic heterocycles. The van der Waals surface area contributed by atoms with Crippen molar-refractivity contribution in [2.45, 2.75) is 30.7 Å². The van der Waals surface area contributed by atoms with E-state index >= 15 is 0 Å². The molecule has 6 atom stereocenters. The van der Waals surface area contributed by atoms with E-state index in [2.05, 4.69) is 0 Å². The normalized spacial score (nSPS) is 39.0. The molecule has 0 spiro atoms. The molecular weight excluding hydrogens is 330 g/mol. The first kappa shape index (κ1) is 16.3. The maximum atomic E-state index is 12.6. The molecule has 0 unspecified atom stereocenters. The van der Waals surface area contributed by atoms with Crippen LogP contribution in [0.3, 0.4) is 0 Å². The van der Waals surface area contributed by atoms with Gasteiger partial charge in [-0.25, -0.2) is 4.79 Å². The molecule has 8 heteroatoms. The predicted octanol–water partition coefficient (Wildman–Crippen LogP) is 0.760. The fourth-order valence-electron chi connectivity index (χ4n) is 4.05. The van der Waals surface area contributed by atoms with E-state index in [1.54, 1.807) is 18.2 Å². The highest BCUT2D eigenvalue weighted by Crippen LogP contribution is 2.56. The van der Waals surface area contributed by atoms with Gasteiger partial charge in [0.2, 0.25) is 0 Å². The minimum absolute atomic E-state index is 0.363. The number of rotatable bonds is 3. The smallest absolute Gasteiger partial charge is 0.367 e. The van der Waals surface area contributed by atoms with Crippen LogP contribution in [-0.2, 0) is 33.3 Å². The molecule has 0 aliphatic carbocycles. The van der Waals surface area contributed by atoms with E-state index in [1.807, 2.05) is 6.07 Å². The number of carbonyl (C=O) groups is 2. The van der Waals surface area contributed by atoms with Crippen LogP contribution in [0.25, 0.3) is 0 Å². The second-order valence-corrected chi connectivity index (χ2v) is 6.43. The van der Waals surface area contributed by atoms with Crippen LogP contribution in [0, 0.1) is 11.8 Å². The Morgan fingerprint density at radius 3 is 2.80 bits per heavy atom. The fourth-order valence-corrected chi connectivity index (χ4v) is 4.05. The molecule has 4 rings (SSSR count). The Balaban J connectivity index is 1.78. The van der Waals surface area contributed by atoms with Crippen LogP contribution in [-0.4, -0.2) is 44.3 Å². The van der Waals surface area contributed by atoms with Gasteiger partial charge in [-0.3, -0.25) is 4.79 Å². The van der Waals surface area contributed by atoms with Gasteiger partial charge in [-0.2, -0.15) is 0 Å². The van der Waals surface area contributed by atoms with Gasteiger partial charge in [0.05, 0.1) is 25.0 Å². The second-order valence-electron chi connectivity index (χ2n) is 6.43. The highest BCUT2D eigenvalue weighted by atomic mass is 16.8. The average Bonchev–Trinajstić information content (AvgIpc) is 3.12. The van der Waals surface area contributed by atoms with Gasteiger partial charge in [0.15, 0.2) is 12.4 Å². The third kappa shape index (κ3) is 2.25. The van der Waals surface area contributed by atoms with Crippen molar-refractivity contribution >= 4 is 17.6 Å². The summed E-state index contributed by atoms with van der Waals surface area (Å²) in [5.41, 5.74) is 7.16. The van der Waals surface area contributed by atoms with E-state index in [4.69, 9.17) is 29.4 Å². The van der Waals surface area contributed by atoms with E-state index < -0.39 is 42.1 Å². The molecule has 3 aliphatic rings. The van der Waals surface area contributed by atoms with Crippen LogP contribution in [0.5, 0.6) is 0 Å². The number of ether oxygens (including phenoxy) is 5. The van der Waals surface area contributed by atoms with Gasteiger partial charge in [0, 0.05) is 12.8 Å². The third-order valence-electron chi connectivity index (χ3n) is 5.11. The van der Waals surface area contributed by atoms with E-state index in [0.717, 1.165) is 5.56 Å². The fraction of sp³-hybridized carbons (Fsp3) is 0.529. The molecule has 0 bridgehead atoms. The largest absolute Gasteiger partial charge is 0.465 e. The van der Waals surface area contributed by atoms with E-state index in [0.29, 0.717) is 12.1 Å². The van der Waals surface area contributed by atoms with Crippen molar-refractivity contribution in [2.24, 2.45) is 11.8 Å². The predicted molar refractivity (Wildman–Crippen MR) is 82.8 cm³/mol. The summed E-state index contributed by atoms with van der Waals surface area (Å²) in [5.74, 6) is -4.01. The number of hydrogen-bond acceptors (Lipinski definition) is 8. The summed E-state index contributed by atoms with van der Waals surface area (Å²) < 4.78 is 27.5. The van der Waals surface area contributed by atoms with Crippen LogP contribution < -0.4 is 5.73 Å². The second kappa shape index (κ2) is 5.69. The topological polar surface area (TPSA) is 106 Å². The molecular formula is C17H19NO7. The summed E-state index contributed by atoms with van der Waals surface area (Å²) in [5, 5.41) is 0. The zero-order valence-corrected chi connectivity index (χ0v) is 13.8. The number of nitrogens with two attached hydrogens (primary N) is 1. The SMILES string of the molecule is COC(=O)[C@]12O[C@@H](OC)[C@@H]3OC(=O)[C@H](C[C@H](c4cccc(N)c4)O1)[C@@H]32. The first-order valence-electron chi connectivity index (χ1n) is 8.03. The molecule has 1 aromatic rings. The van der Waals surface area contributed by atoms with Gasteiger partial charge in [-0.1, -0.05) is 12.1 Å². The lowest BCUT2D eigenvalue weighted by atomic mass is 9.77. The Labute approximate surface area is 144 Å². The molecule has 8 nitrogen and oxygen atoms in total. The molecule has 0 radical (unpaired) electrons. The van der Waals surface area contributed by atoms with Crippen molar-refractivity contribution in [1.82, 2.24) is 0 Å². The van der Waals surface area contributed by atoms with Crippen molar-refractivity contribution in [1.29, 1.82) is 0 Å². The van der Waals surface area contributed by atoms with Crippen LogP contribution in [0.4, 0.5) is 5.69 Å². The number of methoxy groups -OCH3 is 2. The zero-order valence-electron chi connectivity index (χ0n) is 13.8. The third-order valence-corrected chi connectivity index (χ3v) is 5.11.